The highest BCUT2D eigenvalue weighted by Crippen LogP contribution is 2.31. The third-order valence-electron chi connectivity index (χ3n) is 5.11. The Balaban J connectivity index is 1.25. The van der Waals surface area contributed by atoms with Crippen molar-refractivity contribution in [3.8, 4) is 5.75 Å². The quantitative estimate of drug-likeness (QED) is 0.649. The number of rotatable bonds is 6. The van der Waals surface area contributed by atoms with E-state index in [1.54, 1.807) is 31.4 Å². The molecule has 0 aliphatic carbocycles. The number of thiazole rings is 1. The van der Waals surface area contributed by atoms with Gasteiger partial charge in [-0.05, 0) is 30.3 Å². The minimum absolute atomic E-state index is 0.111. The Labute approximate surface area is 177 Å². The second kappa shape index (κ2) is 8.93. The molecule has 0 atom stereocenters. The van der Waals surface area contributed by atoms with Crippen LogP contribution in [0.1, 0.15) is 10.4 Å². The molecule has 1 aliphatic rings. The Morgan fingerprint density at radius 2 is 1.90 bits per heavy atom. The fraction of sp³-hybridized carbons (Fsp3) is 0.333. The van der Waals surface area contributed by atoms with Crippen molar-refractivity contribution in [2.45, 2.75) is 0 Å². The van der Waals surface area contributed by atoms with E-state index < -0.39 is 11.6 Å². The molecule has 30 heavy (non-hydrogen) atoms. The highest BCUT2D eigenvalue weighted by Gasteiger charge is 2.21. The number of ether oxygens (including phenoxy) is 1. The molecule has 1 fully saturated rings. The summed E-state index contributed by atoms with van der Waals surface area (Å²) in [7, 11) is 1.59. The van der Waals surface area contributed by atoms with E-state index in [0.717, 1.165) is 38.8 Å². The van der Waals surface area contributed by atoms with Gasteiger partial charge in [0.15, 0.2) is 10.9 Å². The third-order valence-corrected chi connectivity index (χ3v) is 6.17. The molecule has 0 radical (unpaired) electrons. The van der Waals surface area contributed by atoms with Gasteiger partial charge in [0.25, 0.3) is 5.91 Å². The van der Waals surface area contributed by atoms with E-state index in [4.69, 9.17) is 4.74 Å². The Morgan fingerprint density at radius 1 is 1.17 bits per heavy atom. The van der Waals surface area contributed by atoms with Gasteiger partial charge in [-0.2, -0.15) is 0 Å². The van der Waals surface area contributed by atoms with E-state index in [9.17, 15) is 13.6 Å². The van der Waals surface area contributed by atoms with Crippen LogP contribution in [0, 0.1) is 11.6 Å². The number of piperazine rings is 1. The van der Waals surface area contributed by atoms with Crippen LogP contribution in [0.5, 0.6) is 5.75 Å². The smallest absolute Gasteiger partial charge is 0.251 e. The first-order valence-electron chi connectivity index (χ1n) is 9.68. The van der Waals surface area contributed by atoms with Gasteiger partial charge in [-0.3, -0.25) is 9.69 Å². The van der Waals surface area contributed by atoms with Gasteiger partial charge in [0.05, 0.1) is 11.8 Å². The molecular formula is C21H22F2N4O2S. The number of carbonyl (C=O) groups excluding carboxylic acids is 1. The van der Waals surface area contributed by atoms with E-state index in [2.05, 4.69) is 20.1 Å². The first-order chi connectivity index (χ1) is 14.5. The third kappa shape index (κ3) is 4.52. The van der Waals surface area contributed by atoms with Crippen molar-refractivity contribution >= 4 is 32.6 Å². The zero-order chi connectivity index (χ0) is 21.1. The number of halogens is 2. The normalized spacial score (nSPS) is 14.8. The van der Waals surface area contributed by atoms with Crippen molar-refractivity contribution in [2.24, 2.45) is 0 Å². The zero-order valence-electron chi connectivity index (χ0n) is 16.5. The molecule has 2 heterocycles. The standard InChI is InChI=1S/C21H22F2N4O2S/c1-29-16-4-2-14(3-5-16)20(28)24-6-7-26-8-10-27(11-9-26)21-25-19-17(23)12-15(22)13-18(19)30-21/h2-5,12-13H,6-11H2,1H3,(H,24,28). The van der Waals surface area contributed by atoms with Gasteiger partial charge < -0.3 is 15.0 Å². The predicted molar refractivity (Wildman–Crippen MR) is 114 cm³/mol. The number of carbonyl (C=O) groups is 1. The van der Waals surface area contributed by atoms with Crippen LogP contribution in [0.2, 0.25) is 0 Å². The van der Waals surface area contributed by atoms with Gasteiger partial charge in [-0.15, -0.1) is 0 Å². The molecule has 2 aromatic carbocycles. The second-order valence-electron chi connectivity index (χ2n) is 7.04. The summed E-state index contributed by atoms with van der Waals surface area (Å²) in [6.07, 6.45) is 0. The SMILES string of the molecule is COc1ccc(C(=O)NCCN2CCN(c3nc4c(F)cc(F)cc4s3)CC2)cc1. The molecule has 1 saturated heterocycles. The summed E-state index contributed by atoms with van der Waals surface area (Å²) >= 11 is 1.31. The summed E-state index contributed by atoms with van der Waals surface area (Å²) in [5, 5.41) is 3.64. The molecule has 4 rings (SSSR count). The molecule has 0 unspecified atom stereocenters. The van der Waals surface area contributed by atoms with Gasteiger partial charge in [-0.25, -0.2) is 13.8 Å². The lowest BCUT2D eigenvalue weighted by Gasteiger charge is -2.34. The monoisotopic (exact) mass is 432 g/mol. The molecule has 1 amide bonds. The van der Waals surface area contributed by atoms with Gasteiger partial charge in [0.1, 0.15) is 17.1 Å². The van der Waals surface area contributed by atoms with Crippen LogP contribution < -0.4 is 15.0 Å². The van der Waals surface area contributed by atoms with Crippen LogP contribution in [-0.4, -0.2) is 62.2 Å². The molecule has 3 aromatic rings. The topological polar surface area (TPSA) is 57.7 Å². The summed E-state index contributed by atoms with van der Waals surface area (Å²) in [6.45, 7) is 4.41. The van der Waals surface area contributed by atoms with Crippen LogP contribution in [0.25, 0.3) is 10.2 Å². The van der Waals surface area contributed by atoms with Gasteiger partial charge in [0.2, 0.25) is 0 Å². The number of benzene rings is 2. The maximum atomic E-state index is 13.9. The summed E-state index contributed by atoms with van der Waals surface area (Å²) < 4.78 is 32.9. The Morgan fingerprint density at radius 3 is 2.60 bits per heavy atom. The molecule has 158 valence electrons. The number of nitrogens with one attached hydrogen (secondary N) is 1. The van der Waals surface area contributed by atoms with E-state index in [0.29, 0.717) is 27.7 Å². The lowest BCUT2D eigenvalue weighted by molar-refractivity contribution is 0.0947. The van der Waals surface area contributed by atoms with Crippen molar-refractivity contribution in [1.29, 1.82) is 0 Å². The number of fused-ring (bicyclic) bond motifs is 1. The first kappa shape index (κ1) is 20.5. The molecule has 9 heteroatoms. The van der Waals surface area contributed by atoms with E-state index in [1.807, 2.05) is 0 Å². The van der Waals surface area contributed by atoms with Crippen molar-refractivity contribution < 1.29 is 18.3 Å². The highest BCUT2D eigenvalue weighted by atomic mass is 32.1. The van der Waals surface area contributed by atoms with Crippen molar-refractivity contribution in [2.75, 3.05) is 51.3 Å². The van der Waals surface area contributed by atoms with E-state index in [-0.39, 0.29) is 11.4 Å². The molecule has 1 N–H and O–H groups in total. The fourth-order valence-electron chi connectivity index (χ4n) is 3.42. The van der Waals surface area contributed by atoms with Gasteiger partial charge >= 0.3 is 0 Å². The molecule has 0 saturated carbocycles. The fourth-order valence-corrected chi connectivity index (χ4v) is 4.47. The molecule has 1 aliphatic heterocycles. The van der Waals surface area contributed by atoms with Crippen LogP contribution >= 0.6 is 11.3 Å². The number of hydrogen-bond donors (Lipinski definition) is 1. The summed E-state index contributed by atoms with van der Waals surface area (Å²) in [4.78, 5) is 20.9. The maximum absolute atomic E-state index is 13.9. The number of anilines is 1. The molecule has 1 aromatic heterocycles. The number of hydrogen-bond acceptors (Lipinski definition) is 6. The summed E-state index contributed by atoms with van der Waals surface area (Å²) in [5.41, 5.74) is 0.820. The Hall–Kier alpha value is -2.78. The molecule has 6 nitrogen and oxygen atoms in total. The van der Waals surface area contributed by atoms with Crippen molar-refractivity contribution in [3.63, 3.8) is 0 Å². The Bertz CT molecular complexity index is 1030. The minimum Gasteiger partial charge on any atom is -0.497 e. The zero-order valence-corrected chi connectivity index (χ0v) is 17.3. The summed E-state index contributed by atoms with van der Waals surface area (Å²) in [6, 6.07) is 9.18. The van der Waals surface area contributed by atoms with Crippen LogP contribution in [0.4, 0.5) is 13.9 Å². The largest absolute Gasteiger partial charge is 0.497 e. The van der Waals surface area contributed by atoms with Gasteiger partial charge in [0, 0.05) is 50.9 Å². The lowest BCUT2D eigenvalue weighted by atomic mass is 10.2. The molecular weight excluding hydrogens is 410 g/mol. The summed E-state index contributed by atoms with van der Waals surface area (Å²) in [5.74, 6) is -0.610. The number of methoxy groups -OCH3 is 1. The Kier molecular flexibility index (Phi) is 6.10. The van der Waals surface area contributed by atoms with Crippen molar-refractivity contribution in [3.05, 3.63) is 53.6 Å². The van der Waals surface area contributed by atoms with Crippen molar-refractivity contribution in [1.82, 2.24) is 15.2 Å². The number of amides is 1. The van der Waals surface area contributed by atoms with E-state index in [1.165, 1.54) is 17.4 Å². The second-order valence-corrected chi connectivity index (χ2v) is 8.05. The average molecular weight is 432 g/mol. The number of aromatic nitrogens is 1. The van der Waals surface area contributed by atoms with Crippen LogP contribution in [0.3, 0.4) is 0 Å². The number of nitrogens with zero attached hydrogens (tertiary/aromatic N) is 3. The van der Waals surface area contributed by atoms with Crippen LogP contribution in [0.15, 0.2) is 36.4 Å². The molecule has 0 spiro atoms. The van der Waals surface area contributed by atoms with Gasteiger partial charge in [-0.1, -0.05) is 11.3 Å². The molecule has 0 bridgehead atoms. The van der Waals surface area contributed by atoms with E-state index >= 15 is 0 Å². The lowest BCUT2D eigenvalue weighted by Crippen LogP contribution is -2.48. The average Bonchev–Trinajstić information content (AvgIpc) is 3.18. The maximum Gasteiger partial charge on any atom is 0.251 e. The minimum atomic E-state index is -0.626. The predicted octanol–water partition coefficient (Wildman–Crippen LogP) is 3.14. The van der Waals surface area contributed by atoms with Crippen LogP contribution in [-0.2, 0) is 0 Å². The highest BCUT2D eigenvalue weighted by molar-refractivity contribution is 7.22. The first-order valence-corrected chi connectivity index (χ1v) is 10.5.